The first-order chi connectivity index (χ1) is 10.2. The second-order valence-electron chi connectivity index (χ2n) is 4.71. The van der Waals surface area contributed by atoms with Crippen LogP contribution < -0.4 is 0 Å². The van der Waals surface area contributed by atoms with Crippen LogP contribution in [0, 0.1) is 0 Å². The van der Waals surface area contributed by atoms with E-state index in [1.807, 2.05) is 30.3 Å². The van der Waals surface area contributed by atoms with Gasteiger partial charge in [-0.05, 0) is 31.0 Å². The number of hydrogen-bond donors (Lipinski definition) is 0. The minimum Gasteiger partial charge on any atom is -0.462 e. The minimum atomic E-state index is -0.360. The summed E-state index contributed by atoms with van der Waals surface area (Å²) in [5.74, 6) is -0.282. The van der Waals surface area contributed by atoms with Crippen LogP contribution in [0.4, 0.5) is 0 Å². The number of carbonyl (C=O) groups excluding carboxylic acids is 2. The van der Waals surface area contributed by atoms with E-state index in [1.165, 1.54) is 0 Å². The third-order valence-corrected chi connectivity index (χ3v) is 3.20. The minimum absolute atomic E-state index is 0.0780. The summed E-state index contributed by atoms with van der Waals surface area (Å²) < 4.78 is 4.91. The lowest BCUT2D eigenvalue weighted by Crippen LogP contribution is -2.06. The predicted octanol–water partition coefficient (Wildman–Crippen LogP) is 3.68. The Morgan fingerprint density at radius 1 is 0.905 bits per heavy atom. The average Bonchev–Trinajstić information content (AvgIpc) is 2.54. The Bertz CT molecular complexity index is 600. The van der Waals surface area contributed by atoms with E-state index in [4.69, 9.17) is 4.74 Å². The van der Waals surface area contributed by atoms with E-state index in [1.54, 1.807) is 31.2 Å². The maximum atomic E-state index is 12.1. The van der Waals surface area contributed by atoms with Crippen molar-refractivity contribution in [1.82, 2.24) is 0 Å². The lowest BCUT2D eigenvalue weighted by Gasteiger charge is -2.04. The molecule has 2 aromatic carbocycles. The Morgan fingerprint density at radius 2 is 1.52 bits per heavy atom. The van der Waals surface area contributed by atoms with Gasteiger partial charge in [0, 0.05) is 12.0 Å². The number of carbonyl (C=O) groups is 2. The molecule has 0 aromatic heterocycles. The molecule has 3 nitrogen and oxygen atoms in total. The van der Waals surface area contributed by atoms with E-state index in [2.05, 4.69) is 0 Å². The van der Waals surface area contributed by atoms with Crippen molar-refractivity contribution in [1.29, 1.82) is 0 Å². The molecule has 0 radical (unpaired) electrons. The number of esters is 1. The van der Waals surface area contributed by atoms with Gasteiger partial charge in [-0.15, -0.1) is 0 Å². The zero-order valence-corrected chi connectivity index (χ0v) is 12.0. The predicted molar refractivity (Wildman–Crippen MR) is 81.5 cm³/mol. The summed E-state index contributed by atoms with van der Waals surface area (Å²) in [5.41, 5.74) is 2.24. The van der Waals surface area contributed by atoms with Crippen LogP contribution in [-0.2, 0) is 11.2 Å². The maximum absolute atomic E-state index is 12.1. The van der Waals surface area contributed by atoms with Gasteiger partial charge in [-0.3, -0.25) is 4.79 Å². The molecule has 0 unspecified atom stereocenters. The first-order valence-corrected chi connectivity index (χ1v) is 7.05. The second-order valence-corrected chi connectivity index (χ2v) is 4.71. The Labute approximate surface area is 124 Å². The van der Waals surface area contributed by atoms with Gasteiger partial charge in [-0.25, -0.2) is 4.79 Å². The van der Waals surface area contributed by atoms with E-state index < -0.39 is 0 Å². The standard InChI is InChI=1S/C18H18O3/c1-2-21-18(20)16-11-9-15(10-12-16)17(19)13-8-14-6-4-3-5-7-14/h3-7,9-12H,2,8,13H2,1H3. The molecule has 0 bridgehead atoms. The normalized spacial score (nSPS) is 10.1. The number of ketones is 1. The second kappa shape index (κ2) is 7.39. The molecular formula is C18H18O3. The SMILES string of the molecule is CCOC(=O)c1ccc(C(=O)CCc2ccccc2)cc1. The highest BCUT2D eigenvalue weighted by atomic mass is 16.5. The van der Waals surface area contributed by atoms with Crippen molar-refractivity contribution >= 4 is 11.8 Å². The summed E-state index contributed by atoms with van der Waals surface area (Å²) in [7, 11) is 0. The highest BCUT2D eigenvalue weighted by Crippen LogP contribution is 2.11. The molecule has 0 N–H and O–H groups in total. The van der Waals surface area contributed by atoms with E-state index in [-0.39, 0.29) is 11.8 Å². The third kappa shape index (κ3) is 4.28. The largest absolute Gasteiger partial charge is 0.462 e. The Balaban J connectivity index is 1.95. The lowest BCUT2D eigenvalue weighted by atomic mass is 10.0. The van der Waals surface area contributed by atoms with Crippen LogP contribution in [0.15, 0.2) is 54.6 Å². The zero-order valence-electron chi connectivity index (χ0n) is 12.0. The number of hydrogen-bond acceptors (Lipinski definition) is 3. The highest BCUT2D eigenvalue weighted by Gasteiger charge is 2.09. The van der Waals surface area contributed by atoms with Crippen LogP contribution in [-0.4, -0.2) is 18.4 Å². The van der Waals surface area contributed by atoms with Gasteiger partial charge < -0.3 is 4.74 Å². The van der Waals surface area contributed by atoms with Gasteiger partial charge in [0.05, 0.1) is 12.2 Å². The van der Waals surface area contributed by atoms with Gasteiger partial charge >= 0.3 is 5.97 Å². The smallest absolute Gasteiger partial charge is 0.338 e. The molecule has 2 aromatic rings. The van der Waals surface area contributed by atoms with Crippen molar-refractivity contribution in [3.05, 3.63) is 71.3 Å². The first-order valence-electron chi connectivity index (χ1n) is 7.05. The quantitative estimate of drug-likeness (QED) is 0.599. The fourth-order valence-corrected chi connectivity index (χ4v) is 2.05. The molecule has 0 aliphatic heterocycles. The summed E-state index contributed by atoms with van der Waals surface area (Å²) in [6, 6.07) is 16.5. The molecule has 0 aliphatic rings. The molecule has 108 valence electrons. The van der Waals surface area contributed by atoms with Crippen molar-refractivity contribution in [3.8, 4) is 0 Å². The maximum Gasteiger partial charge on any atom is 0.338 e. The Morgan fingerprint density at radius 3 is 2.14 bits per heavy atom. The van der Waals surface area contributed by atoms with Crippen LogP contribution in [0.5, 0.6) is 0 Å². The molecule has 0 amide bonds. The lowest BCUT2D eigenvalue weighted by molar-refractivity contribution is 0.0526. The third-order valence-electron chi connectivity index (χ3n) is 3.20. The van der Waals surface area contributed by atoms with Crippen molar-refractivity contribution in [2.45, 2.75) is 19.8 Å². The van der Waals surface area contributed by atoms with Gasteiger partial charge in [0.15, 0.2) is 5.78 Å². The molecule has 0 heterocycles. The van der Waals surface area contributed by atoms with Crippen molar-refractivity contribution < 1.29 is 14.3 Å². The molecule has 0 atom stereocenters. The molecule has 21 heavy (non-hydrogen) atoms. The molecular weight excluding hydrogens is 264 g/mol. The number of ether oxygens (including phenoxy) is 1. The summed E-state index contributed by atoms with van der Waals surface area (Å²) in [4.78, 5) is 23.6. The topological polar surface area (TPSA) is 43.4 Å². The van der Waals surface area contributed by atoms with Gasteiger partial charge in [-0.2, -0.15) is 0 Å². The van der Waals surface area contributed by atoms with Crippen molar-refractivity contribution in [2.24, 2.45) is 0 Å². The molecule has 0 saturated heterocycles. The van der Waals surface area contributed by atoms with Gasteiger partial charge in [-0.1, -0.05) is 42.5 Å². The zero-order chi connectivity index (χ0) is 15.1. The van der Waals surface area contributed by atoms with E-state index in [9.17, 15) is 9.59 Å². The molecule has 0 spiro atoms. The molecule has 3 heteroatoms. The van der Waals surface area contributed by atoms with E-state index in [0.717, 1.165) is 12.0 Å². The number of rotatable bonds is 6. The van der Waals surface area contributed by atoms with Crippen LogP contribution in [0.2, 0.25) is 0 Å². The van der Waals surface area contributed by atoms with Crippen LogP contribution >= 0.6 is 0 Å². The number of benzene rings is 2. The Hall–Kier alpha value is -2.42. The van der Waals surface area contributed by atoms with Gasteiger partial charge in [0.2, 0.25) is 0 Å². The summed E-state index contributed by atoms with van der Waals surface area (Å²) in [6.07, 6.45) is 1.18. The summed E-state index contributed by atoms with van der Waals surface area (Å²) in [5, 5.41) is 0. The number of Topliss-reactive ketones (excluding diaryl/α,β-unsaturated/α-hetero) is 1. The van der Waals surface area contributed by atoms with E-state index >= 15 is 0 Å². The molecule has 2 rings (SSSR count). The van der Waals surface area contributed by atoms with Crippen LogP contribution in [0.25, 0.3) is 0 Å². The first kappa shape index (κ1) is 15.0. The molecule has 0 fully saturated rings. The summed E-state index contributed by atoms with van der Waals surface area (Å²) in [6.45, 7) is 2.11. The molecule has 0 aliphatic carbocycles. The van der Waals surface area contributed by atoms with Gasteiger partial charge in [0.1, 0.15) is 0 Å². The number of aryl methyl sites for hydroxylation is 1. The fraction of sp³-hybridized carbons (Fsp3) is 0.222. The van der Waals surface area contributed by atoms with Crippen LogP contribution in [0.3, 0.4) is 0 Å². The van der Waals surface area contributed by atoms with Crippen LogP contribution in [0.1, 0.15) is 39.6 Å². The monoisotopic (exact) mass is 282 g/mol. The Kier molecular flexibility index (Phi) is 5.27. The van der Waals surface area contributed by atoms with E-state index in [0.29, 0.717) is 24.2 Å². The average molecular weight is 282 g/mol. The fourth-order valence-electron chi connectivity index (χ4n) is 2.05. The summed E-state index contributed by atoms with van der Waals surface area (Å²) >= 11 is 0. The van der Waals surface area contributed by atoms with Gasteiger partial charge in [0.25, 0.3) is 0 Å². The van der Waals surface area contributed by atoms with Crippen molar-refractivity contribution in [3.63, 3.8) is 0 Å². The molecule has 0 saturated carbocycles. The highest BCUT2D eigenvalue weighted by molar-refractivity contribution is 5.97. The van der Waals surface area contributed by atoms with Crippen molar-refractivity contribution in [2.75, 3.05) is 6.61 Å².